The lowest BCUT2D eigenvalue weighted by Gasteiger charge is -2.39. The van der Waals surface area contributed by atoms with Gasteiger partial charge in [0.15, 0.2) is 5.96 Å². The molecule has 2 atom stereocenters. The van der Waals surface area contributed by atoms with Crippen LogP contribution in [0.2, 0.25) is 0 Å². The average molecular weight is 332 g/mol. The van der Waals surface area contributed by atoms with Crippen LogP contribution in [0.15, 0.2) is 35.3 Å². The number of likely N-dealkylation sites (tertiary alicyclic amines) is 1. The smallest absolute Gasteiger partial charge is 0.193 e. The third-order valence-electron chi connectivity index (χ3n) is 4.95. The molecular formula is C20H33N3O. The van der Waals surface area contributed by atoms with E-state index in [1.165, 1.54) is 24.8 Å². The van der Waals surface area contributed by atoms with E-state index in [9.17, 15) is 0 Å². The Morgan fingerprint density at radius 3 is 2.71 bits per heavy atom. The maximum Gasteiger partial charge on any atom is 0.193 e. The largest absolute Gasteiger partial charge is 0.385 e. The maximum absolute atomic E-state index is 5.09. The lowest BCUT2D eigenvalue weighted by atomic mass is 9.82. The van der Waals surface area contributed by atoms with E-state index >= 15 is 0 Å². The molecule has 0 bridgehead atoms. The Labute approximate surface area is 147 Å². The fourth-order valence-corrected chi connectivity index (χ4v) is 3.61. The highest BCUT2D eigenvalue weighted by atomic mass is 16.5. The van der Waals surface area contributed by atoms with Crippen LogP contribution in [0.25, 0.3) is 0 Å². The summed E-state index contributed by atoms with van der Waals surface area (Å²) in [6, 6.07) is 10.9. The Hall–Kier alpha value is -1.55. The van der Waals surface area contributed by atoms with E-state index in [2.05, 4.69) is 52.5 Å². The van der Waals surface area contributed by atoms with Crippen LogP contribution in [0.5, 0.6) is 0 Å². The Morgan fingerprint density at radius 1 is 1.25 bits per heavy atom. The molecule has 1 saturated heterocycles. The van der Waals surface area contributed by atoms with Crippen molar-refractivity contribution in [2.75, 3.05) is 40.4 Å². The molecule has 134 valence electrons. The number of nitrogens with one attached hydrogen (secondary N) is 1. The average Bonchev–Trinajstić information content (AvgIpc) is 2.62. The Kier molecular flexibility index (Phi) is 8.10. The van der Waals surface area contributed by atoms with Gasteiger partial charge in [0.25, 0.3) is 0 Å². The Morgan fingerprint density at radius 2 is 2.04 bits per heavy atom. The second kappa shape index (κ2) is 10.3. The summed E-state index contributed by atoms with van der Waals surface area (Å²) in [5.74, 6) is 2.36. The van der Waals surface area contributed by atoms with Crippen LogP contribution >= 0.6 is 0 Å². The highest BCUT2D eigenvalue weighted by Gasteiger charge is 2.28. The second-order valence-corrected chi connectivity index (χ2v) is 6.76. The van der Waals surface area contributed by atoms with Crippen LogP contribution in [-0.4, -0.2) is 51.3 Å². The Balaban J connectivity index is 1.78. The van der Waals surface area contributed by atoms with Gasteiger partial charge in [-0.3, -0.25) is 4.99 Å². The van der Waals surface area contributed by atoms with Crippen molar-refractivity contribution in [2.45, 2.75) is 38.5 Å². The molecule has 0 amide bonds. The number of guanidine groups is 1. The molecule has 24 heavy (non-hydrogen) atoms. The van der Waals surface area contributed by atoms with Crippen molar-refractivity contribution in [3.63, 3.8) is 0 Å². The third kappa shape index (κ3) is 5.52. The molecule has 4 heteroatoms. The molecule has 1 fully saturated rings. The summed E-state index contributed by atoms with van der Waals surface area (Å²) >= 11 is 0. The van der Waals surface area contributed by atoms with Gasteiger partial charge in [0.05, 0.1) is 0 Å². The first-order valence-electron chi connectivity index (χ1n) is 9.25. The number of hydrogen-bond acceptors (Lipinski definition) is 2. The number of hydrogen-bond donors (Lipinski definition) is 1. The number of unbranched alkanes of at least 4 members (excludes halogenated alkanes) is 2. The SMILES string of the molecule is CN=C(NCCCCCOC)N1CCC(c2ccccc2)C(C)C1. The van der Waals surface area contributed by atoms with E-state index < -0.39 is 0 Å². The molecule has 2 rings (SSSR count). The minimum Gasteiger partial charge on any atom is -0.385 e. The van der Waals surface area contributed by atoms with Crippen molar-refractivity contribution in [3.05, 3.63) is 35.9 Å². The fourth-order valence-electron chi connectivity index (χ4n) is 3.61. The number of ether oxygens (including phenoxy) is 1. The molecule has 1 aromatic rings. The summed E-state index contributed by atoms with van der Waals surface area (Å²) in [5.41, 5.74) is 1.48. The second-order valence-electron chi connectivity index (χ2n) is 6.76. The summed E-state index contributed by atoms with van der Waals surface area (Å²) < 4.78 is 5.09. The first kappa shape index (κ1) is 18.8. The van der Waals surface area contributed by atoms with Gasteiger partial charge in [-0.15, -0.1) is 0 Å². The van der Waals surface area contributed by atoms with Gasteiger partial charge in [-0.1, -0.05) is 37.3 Å². The topological polar surface area (TPSA) is 36.9 Å². The van der Waals surface area contributed by atoms with Crippen LogP contribution in [0, 0.1) is 5.92 Å². The highest BCUT2D eigenvalue weighted by Crippen LogP contribution is 2.32. The summed E-state index contributed by atoms with van der Waals surface area (Å²) in [7, 11) is 3.65. The molecule has 1 N–H and O–H groups in total. The monoisotopic (exact) mass is 331 g/mol. The highest BCUT2D eigenvalue weighted by molar-refractivity contribution is 5.80. The van der Waals surface area contributed by atoms with Crippen molar-refractivity contribution >= 4 is 5.96 Å². The van der Waals surface area contributed by atoms with Crippen molar-refractivity contribution in [3.8, 4) is 0 Å². The number of methoxy groups -OCH3 is 1. The maximum atomic E-state index is 5.09. The van der Waals surface area contributed by atoms with Crippen LogP contribution in [0.3, 0.4) is 0 Å². The van der Waals surface area contributed by atoms with Crippen LogP contribution < -0.4 is 5.32 Å². The van der Waals surface area contributed by atoms with Crippen molar-refractivity contribution in [1.29, 1.82) is 0 Å². The number of piperidine rings is 1. The van der Waals surface area contributed by atoms with Gasteiger partial charge in [0.1, 0.15) is 0 Å². The number of benzene rings is 1. The molecule has 0 aliphatic carbocycles. The third-order valence-corrected chi connectivity index (χ3v) is 4.95. The minimum atomic E-state index is 0.640. The van der Waals surface area contributed by atoms with Gasteiger partial charge in [0.2, 0.25) is 0 Å². The molecule has 1 aromatic carbocycles. The molecule has 2 unspecified atom stereocenters. The summed E-state index contributed by atoms with van der Waals surface area (Å²) in [5, 5.41) is 3.53. The lowest BCUT2D eigenvalue weighted by Crippen LogP contribution is -2.48. The molecule has 0 spiro atoms. The first-order valence-corrected chi connectivity index (χ1v) is 9.25. The van der Waals surface area contributed by atoms with E-state index in [1.54, 1.807) is 7.11 Å². The Bertz CT molecular complexity index is 489. The molecule has 1 heterocycles. The molecule has 4 nitrogen and oxygen atoms in total. The number of rotatable bonds is 7. The zero-order valence-corrected chi connectivity index (χ0v) is 15.5. The van der Waals surface area contributed by atoms with Crippen molar-refractivity contribution in [2.24, 2.45) is 10.9 Å². The quantitative estimate of drug-likeness (QED) is 0.472. The van der Waals surface area contributed by atoms with E-state index in [0.29, 0.717) is 11.8 Å². The normalized spacial score (nSPS) is 21.8. The van der Waals surface area contributed by atoms with Gasteiger partial charge in [-0.2, -0.15) is 0 Å². The van der Waals surface area contributed by atoms with Crippen LogP contribution in [-0.2, 0) is 4.74 Å². The molecule has 1 aliphatic rings. The van der Waals surface area contributed by atoms with Gasteiger partial charge in [-0.05, 0) is 43.1 Å². The molecular weight excluding hydrogens is 298 g/mol. The predicted octanol–water partition coefficient (Wildman–Crippen LogP) is 3.50. The summed E-state index contributed by atoms with van der Waals surface area (Å²) in [4.78, 5) is 6.90. The van der Waals surface area contributed by atoms with Gasteiger partial charge in [-0.25, -0.2) is 0 Å². The zero-order chi connectivity index (χ0) is 17.2. The standard InChI is InChI=1S/C20H33N3O/c1-17-16-23(14-12-19(17)18-10-6-4-7-11-18)20(21-2)22-13-8-5-9-15-24-3/h4,6-7,10-11,17,19H,5,8-9,12-16H2,1-3H3,(H,21,22). The number of nitrogens with zero attached hydrogens (tertiary/aromatic N) is 2. The van der Waals surface area contributed by atoms with Crippen molar-refractivity contribution < 1.29 is 4.74 Å². The van der Waals surface area contributed by atoms with E-state index in [0.717, 1.165) is 38.6 Å². The van der Waals surface area contributed by atoms with Gasteiger partial charge in [0, 0.05) is 40.4 Å². The fraction of sp³-hybridized carbons (Fsp3) is 0.650. The van der Waals surface area contributed by atoms with E-state index in [4.69, 9.17) is 4.74 Å². The first-order chi connectivity index (χ1) is 11.8. The minimum absolute atomic E-state index is 0.640. The molecule has 0 saturated carbocycles. The lowest BCUT2D eigenvalue weighted by molar-refractivity contribution is 0.192. The van der Waals surface area contributed by atoms with Gasteiger partial charge >= 0.3 is 0 Å². The van der Waals surface area contributed by atoms with E-state index in [1.807, 2.05) is 7.05 Å². The number of aliphatic imine (C=N–C) groups is 1. The van der Waals surface area contributed by atoms with Crippen LogP contribution in [0.4, 0.5) is 0 Å². The van der Waals surface area contributed by atoms with Crippen molar-refractivity contribution in [1.82, 2.24) is 10.2 Å². The summed E-state index contributed by atoms with van der Waals surface area (Å²) in [6.07, 6.45) is 4.69. The van der Waals surface area contributed by atoms with Gasteiger partial charge < -0.3 is 15.0 Å². The van der Waals surface area contributed by atoms with E-state index in [-0.39, 0.29) is 0 Å². The molecule has 1 aliphatic heterocycles. The molecule has 0 aromatic heterocycles. The summed E-state index contributed by atoms with van der Waals surface area (Å²) in [6.45, 7) is 6.36. The zero-order valence-electron chi connectivity index (χ0n) is 15.5. The van der Waals surface area contributed by atoms with Crippen LogP contribution in [0.1, 0.15) is 44.1 Å². The predicted molar refractivity (Wildman–Crippen MR) is 102 cm³/mol. The molecule has 0 radical (unpaired) electrons.